The molecule has 170 valence electrons. The van der Waals surface area contributed by atoms with Crippen LogP contribution in [0.25, 0.3) is 0 Å². The monoisotopic (exact) mass is 436 g/mol. The Balaban J connectivity index is 1.29. The third kappa shape index (κ3) is 5.58. The molecule has 4 rings (SSSR count). The summed E-state index contributed by atoms with van der Waals surface area (Å²) in [5.41, 5.74) is 2.14. The molecule has 7 heteroatoms. The number of pyridine rings is 1. The number of anilines is 1. The molecule has 2 aromatic rings. The van der Waals surface area contributed by atoms with E-state index >= 15 is 0 Å². The minimum absolute atomic E-state index is 0.0552. The molecule has 7 nitrogen and oxygen atoms in total. The molecule has 32 heavy (non-hydrogen) atoms. The van der Waals surface area contributed by atoms with Crippen molar-refractivity contribution >= 4 is 17.6 Å². The largest absolute Gasteiger partial charge is 0.474 e. The number of hydrogen-bond acceptors (Lipinski definition) is 4. The van der Waals surface area contributed by atoms with E-state index < -0.39 is 0 Å². The van der Waals surface area contributed by atoms with Crippen LogP contribution < -0.4 is 15.4 Å². The van der Waals surface area contributed by atoms with E-state index in [1.165, 1.54) is 19.3 Å². The number of likely N-dealkylation sites (tertiary alicyclic amines) is 1. The van der Waals surface area contributed by atoms with E-state index in [4.69, 9.17) is 4.74 Å². The maximum atomic E-state index is 12.8. The van der Waals surface area contributed by atoms with E-state index in [0.29, 0.717) is 23.7 Å². The zero-order valence-corrected chi connectivity index (χ0v) is 18.7. The van der Waals surface area contributed by atoms with Crippen LogP contribution in [0.1, 0.15) is 67.8 Å². The summed E-state index contributed by atoms with van der Waals surface area (Å²) in [6.45, 7) is 3.23. The second-order valence-electron chi connectivity index (χ2n) is 8.72. The molecule has 2 heterocycles. The number of carbonyl (C=O) groups excluding carboxylic acids is 2. The predicted molar refractivity (Wildman–Crippen MR) is 124 cm³/mol. The second kappa shape index (κ2) is 10.5. The molecule has 1 aromatic carbocycles. The molecule has 0 radical (unpaired) electrons. The van der Waals surface area contributed by atoms with E-state index in [2.05, 4.69) is 22.5 Å². The van der Waals surface area contributed by atoms with Gasteiger partial charge in [0, 0.05) is 42.1 Å². The highest BCUT2D eigenvalue weighted by molar-refractivity contribution is 5.95. The molecule has 2 aliphatic rings. The third-order valence-electron chi connectivity index (χ3n) is 6.32. The molecule has 2 fully saturated rings. The summed E-state index contributed by atoms with van der Waals surface area (Å²) < 4.78 is 6.03. The molecule has 0 spiro atoms. The van der Waals surface area contributed by atoms with Gasteiger partial charge in [0.1, 0.15) is 6.10 Å². The number of hydrogen-bond donors (Lipinski definition) is 2. The quantitative estimate of drug-likeness (QED) is 0.685. The van der Waals surface area contributed by atoms with Gasteiger partial charge in [0.2, 0.25) is 5.88 Å². The predicted octanol–water partition coefficient (Wildman–Crippen LogP) is 4.74. The Kier molecular flexibility index (Phi) is 7.24. The van der Waals surface area contributed by atoms with Crippen LogP contribution in [-0.2, 0) is 6.54 Å². The Morgan fingerprint density at radius 3 is 2.56 bits per heavy atom. The van der Waals surface area contributed by atoms with Gasteiger partial charge in [-0.05, 0) is 82.2 Å². The molecule has 1 saturated carbocycles. The fourth-order valence-electron chi connectivity index (χ4n) is 4.44. The SMILES string of the molecule is CC1CCCCN1C(=O)c1ccc(NC(=O)NCc2cccnc2OC2CCCC2)cc1. The average Bonchev–Trinajstić information content (AvgIpc) is 3.32. The number of rotatable bonds is 6. The maximum Gasteiger partial charge on any atom is 0.319 e. The Hall–Kier alpha value is -3.09. The number of carbonyl (C=O) groups is 2. The molecule has 1 aliphatic carbocycles. The standard InChI is InChI=1S/C25H32N4O3/c1-18-7-4-5-16-29(18)24(30)19-11-13-21(14-12-19)28-25(31)27-17-20-8-6-15-26-23(20)32-22-9-2-3-10-22/h6,8,11-15,18,22H,2-5,7,9-10,16-17H2,1H3,(H2,27,28,31). The van der Waals surface area contributed by atoms with Crippen molar-refractivity contribution in [1.29, 1.82) is 0 Å². The Labute approximate surface area is 189 Å². The van der Waals surface area contributed by atoms with Crippen molar-refractivity contribution in [3.05, 3.63) is 53.7 Å². The number of aromatic nitrogens is 1. The van der Waals surface area contributed by atoms with Gasteiger partial charge in [0.15, 0.2) is 0 Å². The third-order valence-corrected chi connectivity index (χ3v) is 6.32. The smallest absolute Gasteiger partial charge is 0.319 e. The van der Waals surface area contributed by atoms with Crippen molar-refractivity contribution in [1.82, 2.24) is 15.2 Å². The minimum atomic E-state index is -0.315. The first kappa shape index (κ1) is 22.1. The summed E-state index contributed by atoms with van der Waals surface area (Å²) >= 11 is 0. The van der Waals surface area contributed by atoms with E-state index in [1.54, 1.807) is 30.5 Å². The fourth-order valence-corrected chi connectivity index (χ4v) is 4.44. The molecule has 0 bridgehead atoms. The van der Waals surface area contributed by atoms with Crippen LogP contribution in [0.3, 0.4) is 0 Å². The summed E-state index contributed by atoms with van der Waals surface area (Å²) in [4.78, 5) is 31.4. The topological polar surface area (TPSA) is 83.6 Å². The van der Waals surface area contributed by atoms with Crippen LogP contribution in [0.4, 0.5) is 10.5 Å². The molecular formula is C25H32N4O3. The molecule has 2 N–H and O–H groups in total. The first-order valence-electron chi connectivity index (χ1n) is 11.7. The highest BCUT2D eigenvalue weighted by Crippen LogP contribution is 2.25. The highest BCUT2D eigenvalue weighted by atomic mass is 16.5. The van der Waals surface area contributed by atoms with Crippen molar-refractivity contribution < 1.29 is 14.3 Å². The van der Waals surface area contributed by atoms with Gasteiger partial charge in [-0.1, -0.05) is 6.07 Å². The number of nitrogens with one attached hydrogen (secondary N) is 2. The van der Waals surface area contributed by atoms with Gasteiger partial charge >= 0.3 is 6.03 Å². The zero-order chi connectivity index (χ0) is 22.3. The van der Waals surface area contributed by atoms with E-state index in [9.17, 15) is 9.59 Å². The van der Waals surface area contributed by atoms with Gasteiger partial charge in [-0.15, -0.1) is 0 Å². The summed E-state index contributed by atoms with van der Waals surface area (Å²) in [5.74, 6) is 0.647. The van der Waals surface area contributed by atoms with Crippen LogP contribution in [0.2, 0.25) is 0 Å². The molecule has 1 unspecified atom stereocenters. The number of piperidine rings is 1. The second-order valence-corrected chi connectivity index (χ2v) is 8.72. The van der Waals surface area contributed by atoms with Gasteiger partial charge < -0.3 is 20.3 Å². The number of benzene rings is 1. The first-order valence-corrected chi connectivity index (χ1v) is 11.7. The van der Waals surface area contributed by atoms with Crippen LogP contribution in [0.5, 0.6) is 5.88 Å². The van der Waals surface area contributed by atoms with Gasteiger partial charge in [0.05, 0.1) is 0 Å². The molecule has 1 saturated heterocycles. The first-order chi connectivity index (χ1) is 15.6. The molecule has 1 aliphatic heterocycles. The number of ether oxygens (including phenoxy) is 1. The summed E-state index contributed by atoms with van der Waals surface area (Å²) in [6, 6.07) is 10.8. The van der Waals surface area contributed by atoms with Crippen molar-refractivity contribution in [2.75, 3.05) is 11.9 Å². The zero-order valence-electron chi connectivity index (χ0n) is 18.7. The van der Waals surface area contributed by atoms with E-state index in [0.717, 1.165) is 37.8 Å². The minimum Gasteiger partial charge on any atom is -0.474 e. The van der Waals surface area contributed by atoms with Crippen molar-refractivity contribution in [2.24, 2.45) is 0 Å². The molecule has 1 atom stereocenters. The van der Waals surface area contributed by atoms with E-state index in [1.807, 2.05) is 17.0 Å². The van der Waals surface area contributed by atoms with Crippen LogP contribution in [0, 0.1) is 0 Å². The molecular weight excluding hydrogens is 404 g/mol. The number of nitrogens with zero attached hydrogens (tertiary/aromatic N) is 2. The van der Waals surface area contributed by atoms with Gasteiger partial charge in [-0.3, -0.25) is 4.79 Å². The van der Waals surface area contributed by atoms with Crippen LogP contribution in [0.15, 0.2) is 42.6 Å². The summed E-state index contributed by atoms with van der Waals surface area (Å²) in [7, 11) is 0. The normalized spacial score (nSPS) is 18.9. The molecule has 3 amide bonds. The van der Waals surface area contributed by atoms with Crippen LogP contribution in [-0.4, -0.2) is 40.5 Å². The maximum absolute atomic E-state index is 12.8. The highest BCUT2D eigenvalue weighted by Gasteiger charge is 2.24. The van der Waals surface area contributed by atoms with Crippen molar-refractivity contribution in [3.8, 4) is 5.88 Å². The molecule has 1 aromatic heterocycles. The lowest BCUT2D eigenvalue weighted by atomic mass is 10.0. The summed E-state index contributed by atoms with van der Waals surface area (Å²) in [6.07, 6.45) is 9.70. The lowest BCUT2D eigenvalue weighted by Crippen LogP contribution is -2.42. The number of urea groups is 1. The van der Waals surface area contributed by atoms with Gasteiger partial charge in [-0.2, -0.15) is 0 Å². The van der Waals surface area contributed by atoms with E-state index in [-0.39, 0.29) is 24.1 Å². The van der Waals surface area contributed by atoms with Gasteiger partial charge in [0.25, 0.3) is 5.91 Å². The van der Waals surface area contributed by atoms with Gasteiger partial charge in [-0.25, -0.2) is 9.78 Å². The van der Waals surface area contributed by atoms with Crippen molar-refractivity contribution in [2.45, 2.75) is 70.6 Å². The Bertz CT molecular complexity index is 925. The van der Waals surface area contributed by atoms with Crippen molar-refractivity contribution in [3.63, 3.8) is 0 Å². The fraction of sp³-hybridized carbons (Fsp3) is 0.480. The summed E-state index contributed by atoms with van der Waals surface area (Å²) in [5, 5.41) is 5.69. The average molecular weight is 437 g/mol. The van der Waals surface area contributed by atoms with Crippen LogP contribution >= 0.6 is 0 Å². The Morgan fingerprint density at radius 1 is 1.06 bits per heavy atom. The lowest BCUT2D eigenvalue weighted by molar-refractivity contribution is 0.0635. The number of amides is 3. The Morgan fingerprint density at radius 2 is 1.81 bits per heavy atom. The lowest BCUT2D eigenvalue weighted by Gasteiger charge is -2.33.